The van der Waals surface area contributed by atoms with Gasteiger partial charge in [-0.2, -0.15) is 0 Å². The largest absolute Gasteiger partial charge is 0.469 e. The van der Waals surface area contributed by atoms with E-state index < -0.39 is 0 Å². The number of aliphatic hydroxyl groups is 1. The van der Waals surface area contributed by atoms with Gasteiger partial charge in [0.15, 0.2) is 0 Å². The Labute approximate surface area is 77.0 Å². The van der Waals surface area contributed by atoms with Crippen LogP contribution in [-0.2, 0) is 14.3 Å². The highest BCUT2D eigenvalue weighted by Crippen LogP contribution is 2.04. The Balaban J connectivity index is 2.21. The number of morpholine rings is 1. The molecule has 1 saturated heterocycles. The minimum Gasteiger partial charge on any atom is -0.469 e. The number of aliphatic hydroxyl groups excluding tert-OH is 1. The Hall–Kier alpha value is -0.650. The van der Waals surface area contributed by atoms with E-state index in [1.54, 1.807) is 0 Å². The van der Waals surface area contributed by atoms with Gasteiger partial charge >= 0.3 is 5.97 Å². The average Bonchev–Trinajstić information content (AvgIpc) is 2.19. The normalized spacial score (nSPS) is 28.5. The van der Waals surface area contributed by atoms with Crippen LogP contribution < -0.4 is 5.32 Å². The Morgan fingerprint density at radius 2 is 2.54 bits per heavy atom. The fourth-order valence-corrected chi connectivity index (χ4v) is 1.20. The predicted octanol–water partition coefficient (Wildman–Crippen LogP) is -1.10. The SMILES string of the molecule is COC(=O)CC1COC(CO)CN1. The van der Waals surface area contributed by atoms with Gasteiger partial charge in [-0.3, -0.25) is 4.79 Å². The fourth-order valence-electron chi connectivity index (χ4n) is 1.20. The summed E-state index contributed by atoms with van der Waals surface area (Å²) in [5.74, 6) is -0.247. The summed E-state index contributed by atoms with van der Waals surface area (Å²) in [5, 5.41) is 11.8. The van der Waals surface area contributed by atoms with Crippen LogP contribution in [0.25, 0.3) is 0 Å². The zero-order valence-corrected chi connectivity index (χ0v) is 7.66. The predicted molar refractivity (Wildman–Crippen MR) is 45.2 cm³/mol. The van der Waals surface area contributed by atoms with Gasteiger partial charge in [0.25, 0.3) is 0 Å². The van der Waals surface area contributed by atoms with Crippen LogP contribution in [0.5, 0.6) is 0 Å². The van der Waals surface area contributed by atoms with Crippen LogP contribution in [0.2, 0.25) is 0 Å². The molecule has 5 nitrogen and oxygen atoms in total. The van der Waals surface area contributed by atoms with Crippen LogP contribution in [0.15, 0.2) is 0 Å². The summed E-state index contributed by atoms with van der Waals surface area (Å²) >= 11 is 0. The molecule has 5 heteroatoms. The topological polar surface area (TPSA) is 67.8 Å². The third-order valence-electron chi connectivity index (χ3n) is 2.01. The summed E-state index contributed by atoms with van der Waals surface area (Å²) < 4.78 is 9.79. The molecule has 2 N–H and O–H groups in total. The lowest BCUT2D eigenvalue weighted by Gasteiger charge is -2.28. The van der Waals surface area contributed by atoms with Crippen molar-refractivity contribution in [3.05, 3.63) is 0 Å². The maximum Gasteiger partial charge on any atom is 0.307 e. The third kappa shape index (κ3) is 3.30. The highest BCUT2D eigenvalue weighted by Gasteiger charge is 2.22. The quantitative estimate of drug-likeness (QED) is 0.551. The van der Waals surface area contributed by atoms with Crippen molar-refractivity contribution in [1.82, 2.24) is 5.32 Å². The van der Waals surface area contributed by atoms with Crippen molar-refractivity contribution in [3.8, 4) is 0 Å². The van der Waals surface area contributed by atoms with Crippen LogP contribution in [0.4, 0.5) is 0 Å². The summed E-state index contributed by atoms with van der Waals surface area (Å²) in [4.78, 5) is 10.9. The van der Waals surface area contributed by atoms with Crippen LogP contribution in [0, 0.1) is 0 Å². The minimum atomic E-state index is -0.247. The maximum absolute atomic E-state index is 10.9. The number of methoxy groups -OCH3 is 1. The zero-order valence-electron chi connectivity index (χ0n) is 7.66. The van der Waals surface area contributed by atoms with Gasteiger partial charge in [-0.05, 0) is 0 Å². The summed E-state index contributed by atoms with van der Waals surface area (Å²) in [6.07, 6.45) is 0.170. The van der Waals surface area contributed by atoms with E-state index in [-0.39, 0.29) is 24.7 Å². The van der Waals surface area contributed by atoms with E-state index in [1.165, 1.54) is 7.11 Å². The number of nitrogens with one attached hydrogen (secondary N) is 1. The first kappa shape index (κ1) is 10.4. The van der Waals surface area contributed by atoms with Crippen molar-refractivity contribution < 1.29 is 19.4 Å². The first-order valence-electron chi connectivity index (χ1n) is 4.29. The number of carbonyl (C=O) groups is 1. The molecule has 76 valence electrons. The van der Waals surface area contributed by atoms with Crippen molar-refractivity contribution >= 4 is 5.97 Å². The molecular weight excluding hydrogens is 174 g/mol. The summed E-state index contributed by atoms with van der Waals surface area (Å²) in [6, 6.07) is 0.00949. The van der Waals surface area contributed by atoms with Crippen molar-refractivity contribution in [1.29, 1.82) is 0 Å². The molecule has 1 rings (SSSR count). The molecule has 0 aromatic carbocycles. The fraction of sp³-hybridized carbons (Fsp3) is 0.875. The van der Waals surface area contributed by atoms with E-state index in [4.69, 9.17) is 9.84 Å². The Morgan fingerprint density at radius 3 is 3.00 bits per heavy atom. The highest BCUT2D eigenvalue weighted by atomic mass is 16.5. The molecular formula is C8H15NO4. The molecule has 0 aromatic rings. The molecule has 1 fully saturated rings. The molecule has 0 saturated carbocycles. The maximum atomic E-state index is 10.9. The van der Waals surface area contributed by atoms with Crippen LogP contribution in [0.1, 0.15) is 6.42 Å². The number of hydrogen-bond acceptors (Lipinski definition) is 5. The molecule has 0 aromatic heterocycles. The summed E-state index contributed by atoms with van der Waals surface area (Å²) in [6.45, 7) is 1.04. The Morgan fingerprint density at radius 1 is 1.77 bits per heavy atom. The standard InChI is InChI=1S/C8H15NO4/c1-12-8(11)2-6-5-13-7(4-10)3-9-6/h6-7,9-10H,2-5H2,1H3. The van der Waals surface area contributed by atoms with Gasteiger partial charge in [0.2, 0.25) is 0 Å². The molecule has 1 aliphatic heterocycles. The average molecular weight is 189 g/mol. The summed E-state index contributed by atoms with van der Waals surface area (Å²) in [7, 11) is 1.36. The second-order valence-corrected chi connectivity index (χ2v) is 3.02. The number of rotatable bonds is 3. The van der Waals surface area contributed by atoms with Gasteiger partial charge in [0.1, 0.15) is 0 Å². The van der Waals surface area contributed by atoms with E-state index in [9.17, 15) is 4.79 Å². The van der Waals surface area contributed by atoms with Crippen molar-refractivity contribution in [2.24, 2.45) is 0 Å². The summed E-state index contributed by atoms with van der Waals surface area (Å²) in [5.41, 5.74) is 0. The van der Waals surface area contributed by atoms with Gasteiger partial charge < -0.3 is 19.9 Å². The van der Waals surface area contributed by atoms with E-state index >= 15 is 0 Å². The molecule has 0 radical (unpaired) electrons. The number of carbonyl (C=O) groups excluding carboxylic acids is 1. The molecule has 0 amide bonds. The van der Waals surface area contributed by atoms with E-state index in [0.29, 0.717) is 19.6 Å². The lowest BCUT2D eigenvalue weighted by atomic mass is 10.2. The number of esters is 1. The van der Waals surface area contributed by atoms with Crippen molar-refractivity contribution in [2.75, 3.05) is 26.9 Å². The van der Waals surface area contributed by atoms with Crippen LogP contribution >= 0.6 is 0 Å². The monoisotopic (exact) mass is 189 g/mol. The molecule has 2 atom stereocenters. The number of hydrogen-bond donors (Lipinski definition) is 2. The molecule has 2 unspecified atom stereocenters. The minimum absolute atomic E-state index is 0.00949. The van der Waals surface area contributed by atoms with Gasteiger partial charge in [0, 0.05) is 12.6 Å². The first-order valence-corrected chi connectivity index (χ1v) is 4.29. The van der Waals surface area contributed by atoms with Crippen LogP contribution in [-0.4, -0.2) is 50.1 Å². The Bertz CT molecular complexity index is 166. The number of ether oxygens (including phenoxy) is 2. The molecule has 0 aliphatic carbocycles. The van der Waals surface area contributed by atoms with Gasteiger partial charge in [-0.1, -0.05) is 0 Å². The van der Waals surface area contributed by atoms with E-state index in [2.05, 4.69) is 10.1 Å². The zero-order chi connectivity index (χ0) is 9.68. The molecule has 1 heterocycles. The van der Waals surface area contributed by atoms with Crippen LogP contribution in [0.3, 0.4) is 0 Å². The second-order valence-electron chi connectivity index (χ2n) is 3.02. The molecule has 1 aliphatic rings. The molecule has 0 bridgehead atoms. The van der Waals surface area contributed by atoms with E-state index in [1.807, 2.05) is 0 Å². The van der Waals surface area contributed by atoms with Gasteiger partial charge in [-0.25, -0.2) is 0 Å². The highest BCUT2D eigenvalue weighted by molar-refractivity contribution is 5.69. The second kappa shape index (κ2) is 5.16. The lowest BCUT2D eigenvalue weighted by Crippen LogP contribution is -2.48. The lowest BCUT2D eigenvalue weighted by molar-refractivity contribution is -0.142. The van der Waals surface area contributed by atoms with E-state index in [0.717, 1.165) is 0 Å². The first-order chi connectivity index (χ1) is 6.26. The van der Waals surface area contributed by atoms with Gasteiger partial charge in [-0.15, -0.1) is 0 Å². The van der Waals surface area contributed by atoms with Crippen molar-refractivity contribution in [2.45, 2.75) is 18.6 Å². The Kier molecular flexibility index (Phi) is 4.14. The molecule has 13 heavy (non-hydrogen) atoms. The van der Waals surface area contributed by atoms with Gasteiger partial charge in [0.05, 0.1) is 32.8 Å². The smallest absolute Gasteiger partial charge is 0.307 e. The van der Waals surface area contributed by atoms with Crippen molar-refractivity contribution in [3.63, 3.8) is 0 Å². The third-order valence-corrected chi connectivity index (χ3v) is 2.01. The molecule has 0 spiro atoms.